The van der Waals surface area contributed by atoms with E-state index >= 15 is 0 Å². The Morgan fingerprint density at radius 3 is 2.05 bits per heavy atom. The number of alkyl halides is 5. The average Bonchev–Trinajstić information content (AvgIpc) is 2.30. The predicted octanol–water partition coefficient (Wildman–Crippen LogP) is 4.02. The molecule has 0 aromatic rings. The van der Waals surface area contributed by atoms with Gasteiger partial charge < -0.3 is 9.84 Å². The van der Waals surface area contributed by atoms with Crippen LogP contribution in [0.15, 0.2) is 0 Å². The summed E-state index contributed by atoms with van der Waals surface area (Å²) >= 11 is 0. The molecular weight excluding hydrogens is 271 g/mol. The van der Waals surface area contributed by atoms with Crippen molar-refractivity contribution in [3.63, 3.8) is 0 Å². The van der Waals surface area contributed by atoms with Crippen LogP contribution in [-0.4, -0.2) is 29.1 Å². The van der Waals surface area contributed by atoms with Crippen LogP contribution in [-0.2, 0) is 4.74 Å². The zero-order valence-electron chi connectivity index (χ0n) is 10.8. The zero-order chi connectivity index (χ0) is 14.7. The van der Waals surface area contributed by atoms with Gasteiger partial charge in [0.25, 0.3) is 0 Å². The number of rotatable bonds is 7. The Morgan fingerprint density at radius 1 is 1.05 bits per heavy atom. The first kappa shape index (κ1) is 16.6. The molecule has 1 aliphatic heterocycles. The molecule has 0 spiro atoms. The molecule has 0 aromatic carbocycles. The Balaban J connectivity index is 2.32. The van der Waals surface area contributed by atoms with E-state index < -0.39 is 24.0 Å². The van der Waals surface area contributed by atoms with Crippen molar-refractivity contribution in [2.24, 2.45) is 0 Å². The van der Waals surface area contributed by atoms with E-state index in [1.165, 1.54) is 0 Å². The lowest BCUT2D eigenvalue weighted by molar-refractivity contribution is -0.525. The van der Waals surface area contributed by atoms with Gasteiger partial charge in [0.05, 0.1) is 0 Å². The molecule has 0 amide bonds. The lowest BCUT2D eigenvalue weighted by Gasteiger charge is -2.50. The fraction of sp³-hybridized carbons (Fsp3) is 1.00. The maximum absolute atomic E-state index is 13.3. The van der Waals surface area contributed by atoms with E-state index in [0.717, 1.165) is 25.7 Å². The molecule has 114 valence electrons. The van der Waals surface area contributed by atoms with E-state index in [9.17, 15) is 22.0 Å². The number of hydrogen-bond donors (Lipinski definition) is 1. The molecule has 0 aromatic heterocycles. The number of ether oxygens (including phenoxy) is 1. The minimum atomic E-state index is -5.48. The van der Waals surface area contributed by atoms with Gasteiger partial charge in [-0.05, 0) is 6.42 Å². The molecule has 0 saturated carbocycles. The third-order valence-electron chi connectivity index (χ3n) is 3.37. The van der Waals surface area contributed by atoms with Gasteiger partial charge in [-0.25, -0.2) is 0 Å². The Bertz CT molecular complexity index is 292. The zero-order valence-corrected chi connectivity index (χ0v) is 10.8. The van der Waals surface area contributed by atoms with E-state index in [1.54, 1.807) is 0 Å². The fourth-order valence-corrected chi connectivity index (χ4v) is 2.12. The summed E-state index contributed by atoms with van der Waals surface area (Å²) in [6, 6.07) is 0. The third-order valence-corrected chi connectivity index (χ3v) is 3.37. The van der Waals surface area contributed by atoms with Gasteiger partial charge in [0.2, 0.25) is 0 Å². The van der Waals surface area contributed by atoms with Gasteiger partial charge in [-0.2, -0.15) is 22.0 Å². The molecule has 7 heteroatoms. The van der Waals surface area contributed by atoms with Gasteiger partial charge >= 0.3 is 17.9 Å². The van der Waals surface area contributed by atoms with E-state index in [1.807, 2.05) is 6.92 Å². The normalized spacial score (nSPS) is 30.2. The van der Waals surface area contributed by atoms with Crippen molar-refractivity contribution in [3.05, 3.63) is 0 Å². The van der Waals surface area contributed by atoms with Gasteiger partial charge in [0.1, 0.15) is 6.10 Å². The minimum Gasteiger partial charge on any atom is -0.354 e. The van der Waals surface area contributed by atoms with Crippen LogP contribution >= 0.6 is 0 Å². The molecule has 19 heavy (non-hydrogen) atoms. The fourth-order valence-electron chi connectivity index (χ4n) is 2.12. The first-order valence-corrected chi connectivity index (χ1v) is 6.51. The molecule has 1 saturated heterocycles. The second-order valence-corrected chi connectivity index (χ2v) is 4.93. The quantitative estimate of drug-likeness (QED) is 0.567. The Morgan fingerprint density at radius 2 is 1.58 bits per heavy atom. The highest BCUT2D eigenvalue weighted by molar-refractivity contribution is 5.05. The van der Waals surface area contributed by atoms with Crippen molar-refractivity contribution in [1.82, 2.24) is 0 Å². The average molecular weight is 290 g/mol. The summed E-state index contributed by atoms with van der Waals surface area (Å²) in [4.78, 5) is 0. The van der Waals surface area contributed by atoms with E-state index in [2.05, 4.69) is 4.74 Å². The number of hydrogen-bond acceptors (Lipinski definition) is 2. The van der Waals surface area contributed by atoms with Crippen LogP contribution in [0.5, 0.6) is 0 Å². The first-order chi connectivity index (χ1) is 8.67. The molecule has 1 heterocycles. The van der Waals surface area contributed by atoms with Crippen molar-refractivity contribution < 1.29 is 31.8 Å². The third kappa shape index (κ3) is 3.18. The monoisotopic (exact) mass is 290 g/mol. The molecule has 0 bridgehead atoms. The molecular formula is C12H19F5O2. The topological polar surface area (TPSA) is 29.5 Å². The SMILES string of the molecule is CCCCCCCCC1OC(O)(C(F)(F)F)C1(F)F. The summed E-state index contributed by atoms with van der Waals surface area (Å²) in [6.07, 6.45) is -2.46. The highest BCUT2D eigenvalue weighted by Crippen LogP contribution is 2.55. The Labute approximate surface area is 108 Å². The van der Waals surface area contributed by atoms with Crippen LogP contribution in [0.4, 0.5) is 22.0 Å². The molecule has 2 atom stereocenters. The highest BCUT2D eigenvalue weighted by atomic mass is 19.4. The molecule has 2 unspecified atom stereocenters. The molecule has 1 N–H and O–H groups in total. The summed E-state index contributed by atoms with van der Waals surface area (Å²) in [5.41, 5.74) is 0. The summed E-state index contributed by atoms with van der Waals surface area (Å²) in [7, 11) is 0. The van der Waals surface area contributed by atoms with E-state index in [-0.39, 0.29) is 6.42 Å². The van der Waals surface area contributed by atoms with Crippen molar-refractivity contribution in [1.29, 1.82) is 0 Å². The summed E-state index contributed by atoms with van der Waals surface area (Å²) < 4.78 is 67.3. The second kappa shape index (κ2) is 5.91. The molecule has 1 rings (SSSR count). The van der Waals surface area contributed by atoms with Crippen molar-refractivity contribution in [2.75, 3.05) is 0 Å². The van der Waals surface area contributed by atoms with Crippen molar-refractivity contribution >= 4 is 0 Å². The second-order valence-electron chi connectivity index (χ2n) is 4.93. The Kier molecular flexibility index (Phi) is 5.17. The van der Waals surface area contributed by atoms with Crippen LogP contribution in [0.25, 0.3) is 0 Å². The standard InChI is InChI=1S/C12H19F5O2/c1-2-3-4-5-6-7-8-9-10(13,14)11(18,19-9)12(15,16)17/h9,18H,2-8H2,1H3. The molecule has 1 aliphatic rings. The van der Waals surface area contributed by atoms with E-state index in [0.29, 0.717) is 12.8 Å². The van der Waals surface area contributed by atoms with Crippen LogP contribution in [0.1, 0.15) is 51.9 Å². The lowest BCUT2D eigenvalue weighted by Crippen LogP contribution is -2.76. The van der Waals surface area contributed by atoms with E-state index in [4.69, 9.17) is 5.11 Å². The summed E-state index contributed by atoms with van der Waals surface area (Å²) in [6.45, 7) is 2.04. The highest BCUT2D eigenvalue weighted by Gasteiger charge is 2.81. The predicted molar refractivity (Wildman–Crippen MR) is 58.8 cm³/mol. The largest absolute Gasteiger partial charge is 0.449 e. The number of unbranched alkanes of at least 4 members (excludes halogenated alkanes) is 5. The maximum Gasteiger partial charge on any atom is 0.449 e. The van der Waals surface area contributed by atoms with Gasteiger partial charge in [0, 0.05) is 0 Å². The van der Waals surface area contributed by atoms with Crippen LogP contribution in [0, 0.1) is 0 Å². The minimum absolute atomic E-state index is 0.169. The van der Waals surface area contributed by atoms with Gasteiger partial charge in [-0.15, -0.1) is 0 Å². The van der Waals surface area contributed by atoms with Gasteiger partial charge in [-0.3, -0.25) is 0 Å². The number of aliphatic hydroxyl groups is 1. The number of halogens is 5. The van der Waals surface area contributed by atoms with Crippen LogP contribution < -0.4 is 0 Å². The first-order valence-electron chi connectivity index (χ1n) is 6.51. The molecule has 0 radical (unpaired) electrons. The molecule has 1 fully saturated rings. The van der Waals surface area contributed by atoms with Gasteiger partial charge in [-0.1, -0.05) is 45.4 Å². The lowest BCUT2D eigenvalue weighted by atomic mass is 9.90. The molecule has 0 aliphatic carbocycles. The van der Waals surface area contributed by atoms with Crippen molar-refractivity contribution in [2.45, 2.75) is 75.9 Å². The molecule has 2 nitrogen and oxygen atoms in total. The van der Waals surface area contributed by atoms with Crippen LogP contribution in [0.3, 0.4) is 0 Å². The van der Waals surface area contributed by atoms with Gasteiger partial charge in [0.15, 0.2) is 0 Å². The van der Waals surface area contributed by atoms with Crippen LogP contribution in [0.2, 0.25) is 0 Å². The summed E-state index contributed by atoms with van der Waals surface area (Å²) in [5.74, 6) is -8.58. The maximum atomic E-state index is 13.3. The smallest absolute Gasteiger partial charge is 0.354 e. The Hall–Kier alpha value is -0.430. The van der Waals surface area contributed by atoms with Crippen molar-refractivity contribution in [3.8, 4) is 0 Å². The summed E-state index contributed by atoms with van der Waals surface area (Å²) in [5, 5.41) is 8.82.